The predicted molar refractivity (Wildman–Crippen MR) is 137 cm³/mol. The van der Waals surface area contributed by atoms with Crippen LogP contribution in [0.15, 0.2) is 12.1 Å². The smallest absolute Gasteiger partial charge is 0.338 e. The molecule has 2 aliphatic rings. The number of Topliss-reactive ketones (excluding diaryl/α,β-unsaturated/α-hetero) is 2. The summed E-state index contributed by atoms with van der Waals surface area (Å²) in [6.07, 6.45) is -11.4. The highest BCUT2D eigenvalue weighted by atomic mass is 16.7. The molecule has 0 bridgehead atoms. The summed E-state index contributed by atoms with van der Waals surface area (Å²) in [5.74, 6) is -5.14. The molecule has 1 aromatic carbocycles. The van der Waals surface area contributed by atoms with Gasteiger partial charge in [0, 0.05) is 6.42 Å². The van der Waals surface area contributed by atoms with Crippen molar-refractivity contribution < 1.29 is 69.4 Å². The fraction of sp³-hybridized carbons (Fsp3) is 0.667. The van der Waals surface area contributed by atoms with Gasteiger partial charge in [-0.15, -0.1) is 0 Å². The van der Waals surface area contributed by atoms with E-state index in [0.29, 0.717) is 0 Å². The summed E-state index contributed by atoms with van der Waals surface area (Å²) in [6.45, 7) is 7.44. The zero-order valence-corrected chi connectivity index (χ0v) is 23.6. The summed E-state index contributed by atoms with van der Waals surface area (Å²) in [7, 11) is 0. The van der Waals surface area contributed by atoms with Crippen molar-refractivity contribution in [1.82, 2.24) is 0 Å². The lowest BCUT2D eigenvalue weighted by atomic mass is 9.54. The number of aromatic hydroxyl groups is 3. The van der Waals surface area contributed by atoms with E-state index in [4.69, 9.17) is 14.2 Å². The van der Waals surface area contributed by atoms with Crippen molar-refractivity contribution in [2.24, 2.45) is 10.8 Å². The number of carbonyl (C=O) groups excluding carboxylic acids is 3. The Bertz CT molecular complexity index is 1180. The molecule has 8 N–H and O–H groups in total. The van der Waals surface area contributed by atoms with E-state index in [1.165, 1.54) is 41.5 Å². The Morgan fingerprint density at radius 3 is 2.00 bits per heavy atom. The fourth-order valence-electron chi connectivity index (χ4n) is 5.66. The molecule has 14 heteroatoms. The second-order valence-electron chi connectivity index (χ2n) is 12.4. The fourth-order valence-corrected chi connectivity index (χ4v) is 5.66. The summed E-state index contributed by atoms with van der Waals surface area (Å²) in [5, 5.41) is 82.6. The van der Waals surface area contributed by atoms with Crippen LogP contribution >= 0.6 is 0 Å². The van der Waals surface area contributed by atoms with Crippen molar-refractivity contribution in [2.45, 2.75) is 96.0 Å². The number of esters is 1. The molecule has 0 aromatic heterocycles. The molecule has 1 aliphatic heterocycles. The first-order valence-electron chi connectivity index (χ1n) is 12.9. The topological polar surface area (TPSA) is 241 Å². The number of hydrogen-bond donors (Lipinski definition) is 8. The van der Waals surface area contributed by atoms with E-state index in [1.54, 1.807) is 0 Å². The minimum atomic E-state index is -2.46. The van der Waals surface area contributed by atoms with E-state index in [1.807, 2.05) is 0 Å². The Balaban J connectivity index is 1.89. The summed E-state index contributed by atoms with van der Waals surface area (Å²) in [4.78, 5) is 39.3. The molecular weight excluding hydrogens is 548 g/mol. The van der Waals surface area contributed by atoms with Crippen LogP contribution in [0.3, 0.4) is 0 Å². The van der Waals surface area contributed by atoms with Crippen molar-refractivity contribution in [1.29, 1.82) is 0 Å². The molecule has 2 unspecified atom stereocenters. The second kappa shape index (κ2) is 10.8. The van der Waals surface area contributed by atoms with E-state index < -0.39 is 107 Å². The maximum Gasteiger partial charge on any atom is 0.338 e. The Labute approximate surface area is 235 Å². The van der Waals surface area contributed by atoms with Gasteiger partial charge in [-0.1, -0.05) is 13.8 Å². The molecule has 1 aliphatic carbocycles. The number of benzene rings is 1. The lowest BCUT2D eigenvalue weighted by Gasteiger charge is -2.54. The van der Waals surface area contributed by atoms with Gasteiger partial charge in [-0.3, -0.25) is 9.59 Å². The number of hydrogen-bond acceptors (Lipinski definition) is 14. The Kier molecular flexibility index (Phi) is 8.58. The highest BCUT2D eigenvalue weighted by Crippen LogP contribution is 2.50. The zero-order valence-electron chi connectivity index (χ0n) is 23.6. The highest BCUT2D eigenvalue weighted by molar-refractivity contribution is 6.14. The molecule has 1 aromatic rings. The number of phenolic OH excluding ortho intramolecular Hbond substituents is 3. The first-order chi connectivity index (χ1) is 18.6. The third kappa shape index (κ3) is 5.91. The Morgan fingerprint density at radius 2 is 1.49 bits per heavy atom. The molecule has 1 saturated heterocycles. The molecule has 1 saturated carbocycles. The monoisotopic (exact) mass is 586 g/mol. The van der Waals surface area contributed by atoms with Crippen molar-refractivity contribution in [3.05, 3.63) is 17.7 Å². The molecule has 0 radical (unpaired) electrons. The molecule has 7 atom stereocenters. The highest BCUT2D eigenvalue weighted by Gasteiger charge is 2.67. The van der Waals surface area contributed by atoms with E-state index in [-0.39, 0.29) is 5.56 Å². The number of aliphatic hydroxyl groups is 5. The Morgan fingerprint density at radius 1 is 0.951 bits per heavy atom. The van der Waals surface area contributed by atoms with E-state index in [0.717, 1.165) is 12.1 Å². The van der Waals surface area contributed by atoms with Crippen molar-refractivity contribution in [3.63, 3.8) is 0 Å². The molecule has 3 rings (SSSR count). The van der Waals surface area contributed by atoms with Crippen molar-refractivity contribution in [3.8, 4) is 17.2 Å². The molecule has 0 spiro atoms. The lowest BCUT2D eigenvalue weighted by Crippen LogP contribution is -2.72. The number of ketones is 2. The molecule has 2 fully saturated rings. The van der Waals surface area contributed by atoms with Gasteiger partial charge in [0.1, 0.15) is 37.1 Å². The van der Waals surface area contributed by atoms with Gasteiger partial charge in [-0.2, -0.15) is 0 Å². The number of phenols is 3. The van der Waals surface area contributed by atoms with Crippen LogP contribution in [0.1, 0.15) is 58.3 Å². The average Bonchev–Trinajstić information content (AvgIpc) is 2.85. The molecule has 1 heterocycles. The summed E-state index contributed by atoms with van der Waals surface area (Å²) in [5.41, 5.74) is -7.72. The van der Waals surface area contributed by atoms with Crippen molar-refractivity contribution >= 4 is 17.5 Å². The minimum Gasteiger partial charge on any atom is -0.504 e. The van der Waals surface area contributed by atoms with E-state index in [9.17, 15) is 55.2 Å². The molecule has 14 nitrogen and oxygen atoms in total. The van der Waals surface area contributed by atoms with Crippen LogP contribution in [0.4, 0.5) is 0 Å². The molecule has 230 valence electrons. The van der Waals surface area contributed by atoms with Crippen LogP contribution in [0.5, 0.6) is 17.2 Å². The SMILES string of the molecule is CC(C)(O)CC1(O)C(=O)C(C)(C)C(=O)C(C)(C)C1O[C@@H]1O[C@H](COC(=O)c2cc(O)c(O)c(O)c2)[C@@H](O)[C@H](O)[C@H]1O. The largest absolute Gasteiger partial charge is 0.504 e. The molecule has 0 amide bonds. The number of carbonyl (C=O) groups is 3. The average molecular weight is 587 g/mol. The molecular formula is C27H38O14. The maximum atomic E-state index is 13.5. The normalized spacial score (nSPS) is 33.4. The maximum absolute atomic E-state index is 13.5. The van der Waals surface area contributed by atoms with E-state index >= 15 is 0 Å². The van der Waals surface area contributed by atoms with Gasteiger partial charge < -0.3 is 55.1 Å². The second-order valence-corrected chi connectivity index (χ2v) is 12.4. The standard InChI is InChI=1S/C27H38O14/c1-24(2,37)10-27(38)22(36)25(3,4)21(35)26(5,6)23(27)41-20-18(33)17(32)16(31)14(40-20)9-39-19(34)11-7-12(28)15(30)13(29)8-11/h7-8,14,16-18,20,23,28-33,37-38H,9-10H2,1-6H3/t14-,16-,17+,18-,20+,23?,27?/m1/s1. The zero-order chi connectivity index (χ0) is 31.5. The van der Waals surface area contributed by atoms with Gasteiger partial charge in [0.25, 0.3) is 0 Å². The van der Waals surface area contributed by atoms with Crippen LogP contribution in [0.25, 0.3) is 0 Å². The van der Waals surface area contributed by atoms with Gasteiger partial charge in [-0.25, -0.2) is 4.79 Å². The van der Waals surface area contributed by atoms with Crippen LogP contribution in [0.2, 0.25) is 0 Å². The summed E-state index contributed by atoms with van der Waals surface area (Å²) >= 11 is 0. The predicted octanol–water partition coefficient (Wildman–Crippen LogP) is -0.751. The number of rotatable bonds is 7. The van der Waals surface area contributed by atoms with Gasteiger partial charge in [0.2, 0.25) is 0 Å². The van der Waals surface area contributed by atoms with E-state index in [2.05, 4.69) is 0 Å². The van der Waals surface area contributed by atoms with Gasteiger partial charge in [-0.05, 0) is 39.8 Å². The first kappa shape index (κ1) is 32.7. The van der Waals surface area contributed by atoms with Crippen LogP contribution in [0, 0.1) is 10.8 Å². The number of ether oxygens (including phenoxy) is 3. The first-order valence-corrected chi connectivity index (χ1v) is 12.9. The third-order valence-electron chi connectivity index (χ3n) is 7.53. The summed E-state index contributed by atoms with van der Waals surface area (Å²) < 4.78 is 16.5. The van der Waals surface area contributed by atoms with Gasteiger partial charge in [0.05, 0.1) is 22.0 Å². The van der Waals surface area contributed by atoms with Crippen LogP contribution in [-0.2, 0) is 23.8 Å². The van der Waals surface area contributed by atoms with Crippen LogP contribution < -0.4 is 0 Å². The summed E-state index contributed by atoms with van der Waals surface area (Å²) in [6, 6.07) is 1.62. The number of aliphatic hydroxyl groups excluding tert-OH is 3. The van der Waals surface area contributed by atoms with Crippen LogP contribution in [-0.4, -0.2) is 113 Å². The van der Waals surface area contributed by atoms with Crippen molar-refractivity contribution in [2.75, 3.05) is 6.61 Å². The molecule has 41 heavy (non-hydrogen) atoms. The lowest BCUT2D eigenvalue weighted by molar-refractivity contribution is -0.333. The minimum absolute atomic E-state index is 0.378. The third-order valence-corrected chi connectivity index (χ3v) is 7.53. The quantitative estimate of drug-likeness (QED) is 0.111. The Hall–Kier alpha value is -2.85. The van der Waals surface area contributed by atoms with Gasteiger partial charge >= 0.3 is 5.97 Å². The van der Waals surface area contributed by atoms with Gasteiger partial charge in [0.15, 0.2) is 40.7 Å².